The molecule has 0 atom stereocenters. The van der Waals surface area contributed by atoms with Gasteiger partial charge in [0, 0.05) is 5.75 Å². The molecule has 0 bridgehead atoms. The van der Waals surface area contributed by atoms with Gasteiger partial charge in [0.1, 0.15) is 0 Å². The van der Waals surface area contributed by atoms with Crippen molar-refractivity contribution in [2.75, 3.05) is 15.8 Å². The summed E-state index contributed by atoms with van der Waals surface area (Å²) >= 11 is 8.91. The molecule has 3 rings (SSSR count). The van der Waals surface area contributed by atoms with Crippen LogP contribution in [0.3, 0.4) is 0 Å². The number of halogens is 1. The number of anilines is 2. The first-order valence-electron chi connectivity index (χ1n) is 8.56. The predicted octanol–water partition coefficient (Wildman–Crippen LogP) is 4.83. The van der Waals surface area contributed by atoms with Crippen LogP contribution in [0.2, 0.25) is 5.02 Å². The van der Waals surface area contributed by atoms with Gasteiger partial charge in [0.15, 0.2) is 4.34 Å². The van der Waals surface area contributed by atoms with Crippen LogP contribution in [0.5, 0.6) is 0 Å². The quantitative estimate of drug-likeness (QED) is 0.272. The molecule has 0 spiro atoms. The van der Waals surface area contributed by atoms with Crippen molar-refractivity contribution in [3.05, 3.63) is 71.3 Å². The molecule has 1 aromatic heterocycles. The second kappa shape index (κ2) is 9.61. The minimum absolute atomic E-state index is 0.0994. The van der Waals surface area contributed by atoms with Crippen molar-refractivity contribution in [2.24, 2.45) is 0 Å². The number of thioether (sulfide) groups is 1. The third-order valence-corrected chi connectivity index (χ3v) is 7.43. The molecule has 3 aromatic rings. The Labute approximate surface area is 187 Å². The van der Waals surface area contributed by atoms with Crippen LogP contribution in [-0.4, -0.2) is 30.3 Å². The van der Waals surface area contributed by atoms with Crippen molar-refractivity contribution < 1.29 is 13.2 Å². The summed E-state index contributed by atoms with van der Waals surface area (Å²) in [5.74, 6) is 0.221. The molecular weight excluding hydrogens is 464 g/mol. The highest BCUT2D eigenvalue weighted by atomic mass is 35.5. The third-order valence-electron chi connectivity index (χ3n) is 3.75. The maximum atomic E-state index is 12.5. The molecule has 0 radical (unpaired) electrons. The smallest absolute Gasteiger partial charge is 0.261 e. The Morgan fingerprint density at radius 3 is 2.63 bits per heavy atom. The summed E-state index contributed by atoms with van der Waals surface area (Å²) < 4.78 is 28.2. The second-order valence-corrected chi connectivity index (χ2v) is 10.4. The lowest BCUT2D eigenvalue weighted by atomic mass is 10.2. The number of rotatable bonds is 8. The molecule has 0 fully saturated rings. The van der Waals surface area contributed by atoms with E-state index in [0.29, 0.717) is 15.2 Å². The van der Waals surface area contributed by atoms with Crippen molar-refractivity contribution in [1.29, 1.82) is 0 Å². The molecule has 0 saturated carbocycles. The molecule has 2 N–H and O–H groups in total. The number of hydrogen-bond acceptors (Lipinski definition) is 7. The number of aryl methyl sites for hydroxylation is 1. The van der Waals surface area contributed by atoms with E-state index in [0.717, 1.165) is 5.56 Å². The first-order chi connectivity index (χ1) is 14.3. The van der Waals surface area contributed by atoms with Crippen LogP contribution in [0, 0.1) is 6.92 Å². The summed E-state index contributed by atoms with van der Waals surface area (Å²) in [7, 11) is -3.77. The molecule has 7 nitrogen and oxygen atoms in total. The number of aromatic nitrogens is 2. The molecule has 0 saturated heterocycles. The van der Waals surface area contributed by atoms with Crippen LogP contribution >= 0.6 is 34.7 Å². The number of nitrogens with one attached hydrogen (secondary N) is 2. The zero-order valence-corrected chi connectivity index (χ0v) is 19.0. The Kier molecular flexibility index (Phi) is 7.14. The lowest BCUT2D eigenvalue weighted by molar-refractivity contribution is 0.102. The summed E-state index contributed by atoms with van der Waals surface area (Å²) in [6.45, 7) is 5.51. The first-order valence-corrected chi connectivity index (χ1v) is 12.2. The van der Waals surface area contributed by atoms with Crippen LogP contribution in [-0.2, 0) is 10.0 Å². The second-order valence-electron chi connectivity index (χ2n) is 6.04. The summed E-state index contributed by atoms with van der Waals surface area (Å²) in [6.07, 6.45) is 1.75. The van der Waals surface area contributed by atoms with E-state index in [4.69, 9.17) is 11.6 Å². The zero-order valence-electron chi connectivity index (χ0n) is 15.8. The van der Waals surface area contributed by atoms with Crippen molar-refractivity contribution in [3.63, 3.8) is 0 Å². The van der Waals surface area contributed by atoms with E-state index in [2.05, 4.69) is 26.8 Å². The molecule has 0 aliphatic rings. The van der Waals surface area contributed by atoms with Gasteiger partial charge < -0.3 is 0 Å². The number of benzene rings is 2. The van der Waals surface area contributed by atoms with E-state index in [-0.39, 0.29) is 21.2 Å². The molecule has 156 valence electrons. The molecular formula is C19H17ClN4O3S3. The fourth-order valence-corrected chi connectivity index (χ4v) is 5.13. The van der Waals surface area contributed by atoms with Gasteiger partial charge in [0.05, 0.1) is 21.2 Å². The van der Waals surface area contributed by atoms with Gasteiger partial charge in [-0.15, -0.1) is 16.8 Å². The molecule has 30 heavy (non-hydrogen) atoms. The number of carbonyl (C=O) groups excluding carboxylic acids is 1. The van der Waals surface area contributed by atoms with Gasteiger partial charge in [-0.05, 0) is 37.3 Å². The topological polar surface area (TPSA) is 101 Å². The average molecular weight is 481 g/mol. The minimum Gasteiger partial charge on any atom is -0.296 e. The Balaban J connectivity index is 1.71. The van der Waals surface area contributed by atoms with Crippen LogP contribution in [0.1, 0.15) is 15.9 Å². The average Bonchev–Trinajstić information content (AvgIpc) is 3.13. The number of hydrogen-bond donors (Lipinski definition) is 2. The fourth-order valence-electron chi connectivity index (χ4n) is 2.31. The number of carbonyl (C=O) groups is 1. The van der Waals surface area contributed by atoms with Gasteiger partial charge in [-0.1, -0.05) is 58.5 Å². The maximum absolute atomic E-state index is 12.5. The summed E-state index contributed by atoms with van der Waals surface area (Å²) in [6, 6.07) is 10.8. The predicted molar refractivity (Wildman–Crippen MR) is 122 cm³/mol. The van der Waals surface area contributed by atoms with Crippen molar-refractivity contribution in [2.45, 2.75) is 16.2 Å². The van der Waals surface area contributed by atoms with Crippen LogP contribution in [0.25, 0.3) is 0 Å². The maximum Gasteiger partial charge on any atom is 0.261 e. The lowest BCUT2D eigenvalue weighted by Crippen LogP contribution is -2.14. The van der Waals surface area contributed by atoms with E-state index in [1.807, 2.05) is 6.92 Å². The standard InChI is InChI=1S/C19H17ClN4O3S3/c1-3-10-28-19-23-22-18(29-19)21-17(25)15-9-6-13(11-16(15)20)24-30(26,27)14-7-4-12(2)5-8-14/h3-9,11,24H,1,10H2,2H3,(H,21,22,25). The van der Waals surface area contributed by atoms with Gasteiger partial charge in [-0.3, -0.25) is 14.8 Å². The SMILES string of the molecule is C=CCSc1nnc(NC(=O)c2ccc(NS(=O)(=O)c3ccc(C)cc3)cc2Cl)s1. The Morgan fingerprint density at radius 2 is 1.97 bits per heavy atom. The molecule has 11 heteroatoms. The van der Waals surface area contributed by atoms with E-state index in [1.165, 1.54) is 53.4 Å². The van der Waals surface area contributed by atoms with Crippen molar-refractivity contribution in [1.82, 2.24) is 10.2 Å². The van der Waals surface area contributed by atoms with Crippen LogP contribution < -0.4 is 10.0 Å². The highest BCUT2D eigenvalue weighted by molar-refractivity contribution is 8.01. The van der Waals surface area contributed by atoms with Gasteiger partial charge >= 0.3 is 0 Å². The molecule has 0 aliphatic heterocycles. The third kappa shape index (κ3) is 5.60. The van der Waals surface area contributed by atoms with Gasteiger partial charge in [-0.25, -0.2) is 8.42 Å². The monoisotopic (exact) mass is 480 g/mol. The Bertz CT molecular complexity index is 1180. The van der Waals surface area contributed by atoms with Crippen molar-refractivity contribution >= 4 is 61.4 Å². The number of amides is 1. The molecule has 1 heterocycles. The lowest BCUT2D eigenvalue weighted by Gasteiger charge is -2.10. The number of sulfonamides is 1. The van der Waals surface area contributed by atoms with E-state index in [9.17, 15) is 13.2 Å². The Hall–Kier alpha value is -2.40. The highest BCUT2D eigenvalue weighted by Crippen LogP contribution is 2.27. The summed E-state index contributed by atoms with van der Waals surface area (Å²) in [4.78, 5) is 12.6. The van der Waals surface area contributed by atoms with Crippen LogP contribution in [0.15, 0.2) is 64.4 Å². The normalized spacial score (nSPS) is 11.1. The van der Waals surface area contributed by atoms with Gasteiger partial charge in [0.2, 0.25) is 5.13 Å². The van der Waals surface area contributed by atoms with Gasteiger partial charge in [0.25, 0.3) is 15.9 Å². The molecule has 0 unspecified atom stereocenters. The highest BCUT2D eigenvalue weighted by Gasteiger charge is 2.17. The largest absolute Gasteiger partial charge is 0.296 e. The summed E-state index contributed by atoms with van der Waals surface area (Å²) in [5, 5.41) is 11.0. The van der Waals surface area contributed by atoms with Crippen molar-refractivity contribution in [3.8, 4) is 0 Å². The summed E-state index contributed by atoms with van der Waals surface area (Å²) in [5.41, 5.74) is 1.39. The first kappa shape index (κ1) is 22.3. The van der Waals surface area contributed by atoms with E-state index >= 15 is 0 Å². The molecule has 0 aliphatic carbocycles. The Morgan fingerprint density at radius 1 is 1.23 bits per heavy atom. The van der Waals surface area contributed by atoms with E-state index in [1.54, 1.807) is 18.2 Å². The number of nitrogens with zero attached hydrogens (tertiary/aromatic N) is 2. The zero-order chi connectivity index (χ0) is 21.7. The molecule has 1 amide bonds. The van der Waals surface area contributed by atoms with Crippen LogP contribution in [0.4, 0.5) is 10.8 Å². The molecule has 2 aromatic carbocycles. The van der Waals surface area contributed by atoms with E-state index < -0.39 is 15.9 Å². The fraction of sp³-hybridized carbons (Fsp3) is 0.105. The minimum atomic E-state index is -3.77. The van der Waals surface area contributed by atoms with Gasteiger partial charge in [-0.2, -0.15) is 0 Å².